The Bertz CT molecular complexity index is 629. The van der Waals surface area contributed by atoms with Crippen LogP contribution in [0.25, 0.3) is 0 Å². The van der Waals surface area contributed by atoms with Crippen LogP contribution in [0.3, 0.4) is 0 Å². The average molecular weight is 316 g/mol. The van der Waals surface area contributed by atoms with Crippen LogP contribution >= 0.6 is 0 Å². The van der Waals surface area contributed by atoms with E-state index in [0.717, 1.165) is 11.3 Å². The molecule has 0 aliphatic rings. The van der Waals surface area contributed by atoms with E-state index in [1.165, 1.54) is 6.07 Å². The molecule has 5 heteroatoms. The van der Waals surface area contributed by atoms with E-state index in [0.29, 0.717) is 25.1 Å². The van der Waals surface area contributed by atoms with Crippen molar-refractivity contribution < 1.29 is 13.9 Å². The summed E-state index contributed by atoms with van der Waals surface area (Å²) in [5.41, 5.74) is 1.68. The smallest absolute Gasteiger partial charge is 0.233 e. The summed E-state index contributed by atoms with van der Waals surface area (Å²) in [5.74, 6) is 0.467. The van der Waals surface area contributed by atoms with Crippen molar-refractivity contribution in [3.05, 3.63) is 65.5 Å². The zero-order valence-electron chi connectivity index (χ0n) is 13.1. The lowest BCUT2D eigenvalue weighted by molar-refractivity contribution is -0.120. The number of carbonyl (C=O) groups is 1. The molecule has 23 heavy (non-hydrogen) atoms. The summed E-state index contributed by atoms with van der Waals surface area (Å²) < 4.78 is 18.5. The van der Waals surface area contributed by atoms with E-state index in [1.54, 1.807) is 25.3 Å². The first-order valence-corrected chi connectivity index (χ1v) is 7.53. The van der Waals surface area contributed by atoms with Crippen LogP contribution in [0.4, 0.5) is 4.39 Å². The Morgan fingerprint density at radius 3 is 2.57 bits per heavy atom. The van der Waals surface area contributed by atoms with Crippen molar-refractivity contribution in [3.8, 4) is 5.75 Å². The molecule has 0 fully saturated rings. The molecule has 0 atom stereocenters. The molecule has 2 N–H and O–H groups in total. The highest BCUT2D eigenvalue weighted by atomic mass is 19.1. The summed E-state index contributed by atoms with van der Waals surface area (Å²) in [6.07, 6.45) is 0.483. The third kappa shape index (κ3) is 5.71. The highest BCUT2D eigenvalue weighted by Crippen LogP contribution is 2.10. The summed E-state index contributed by atoms with van der Waals surface area (Å²) >= 11 is 0. The maximum absolute atomic E-state index is 13.4. The van der Waals surface area contributed by atoms with Gasteiger partial charge in [0, 0.05) is 13.1 Å². The molecule has 122 valence electrons. The molecule has 0 aliphatic carbocycles. The fourth-order valence-electron chi connectivity index (χ4n) is 2.16. The van der Waals surface area contributed by atoms with E-state index in [1.807, 2.05) is 24.3 Å². The summed E-state index contributed by atoms with van der Waals surface area (Å²) in [6.45, 7) is 1.25. The van der Waals surface area contributed by atoms with Crippen LogP contribution in [-0.2, 0) is 17.8 Å². The summed E-state index contributed by atoms with van der Waals surface area (Å²) in [5, 5.41) is 5.85. The number of nitrogens with one attached hydrogen (secondary N) is 2. The van der Waals surface area contributed by atoms with Gasteiger partial charge in [0.2, 0.25) is 5.91 Å². The van der Waals surface area contributed by atoms with Gasteiger partial charge in [-0.15, -0.1) is 0 Å². The summed E-state index contributed by atoms with van der Waals surface area (Å²) in [4.78, 5) is 11.7. The second-order valence-electron chi connectivity index (χ2n) is 5.14. The van der Waals surface area contributed by atoms with Crippen molar-refractivity contribution in [2.45, 2.75) is 13.0 Å². The first-order chi connectivity index (χ1) is 11.2. The molecule has 0 radical (unpaired) electrons. The zero-order valence-corrected chi connectivity index (χ0v) is 13.1. The number of carbonyl (C=O) groups excluding carboxylic acids is 1. The Labute approximate surface area is 135 Å². The molecular weight excluding hydrogens is 295 g/mol. The predicted molar refractivity (Wildman–Crippen MR) is 87.8 cm³/mol. The Balaban J connectivity index is 1.64. The molecule has 2 rings (SSSR count). The molecule has 2 aromatic rings. The van der Waals surface area contributed by atoms with E-state index >= 15 is 0 Å². The van der Waals surface area contributed by atoms with Crippen molar-refractivity contribution >= 4 is 5.91 Å². The van der Waals surface area contributed by atoms with Crippen LogP contribution in [0.15, 0.2) is 48.5 Å². The van der Waals surface area contributed by atoms with E-state index in [4.69, 9.17) is 4.74 Å². The molecule has 0 aliphatic heterocycles. The van der Waals surface area contributed by atoms with Crippen LogP contribution in [0.5, 0.6) is 5.75 Å². The topological polar surface area (TPSA) is 50.4 Å². The van der Waals surface area contributed by atoms with Gasteiger partial charge in [-0.05, 0) is 35.7 Å². The number of hydrogen-bond donors (Lipinski definition) is 2. The fraction of sp³-hybridized carbons (Fsp3) is 0.278. The standard InChI is InChI=1S/C18H21FN2O2/c1-23-16-8-6-14(7-9-16)12-20-13-18(22)21-11-10-15-4-2-3-5-17(15)19/h2-9,20H,10-13H2,1H3,(H,21,22). The number of methoxy groups -OCH3 is 1. The van der Waals surface area contributed by atoms with Gasteiger partial charge in [-0.25, -0.2) is 4.39 Å². The van der Waals surface area contributed by atoms with Crippen molar-refractivity contribution in [1.29, 1.82) is 0 Å². The molecule has 1 amide bonds. The van der Waals surface area contributed by atoms with Crippen LogP contribution < -0.4 is 15.4 Å². The summed E-state index contributed by atoms with van der Waals surface area (Å²) in [7, 11) is 1.62. The predicted octanol–water partition coefficient (Wildman–Crippen LogP) is 2.28. The van der Waals surface area contributed by atoms with Crippen LogP contribution in [0.2, 0.25) is 0 Å². The first-order valence-electron chi connectivity index (χ1n) is 7.53. The monoisotopic (exact) mass is 316 g/mol. The zero-order chi connectivity index (χ0) is 16.5. The number of ether oxygens (including phenoxy) is 1. The SMILES string of the molecule is COc1ccc(CNCC(=O)NCCc2ccccc2F)cc1. The molecular formula is C18H21FN2O2. The van der Waals surface area contributed by atoms with E-state index in [9.17, 15) is 9.18 Å². The van der Waals surface area contributed by atoms with E-state index in [-0.39, 0.29) is 18.3 Å². The van der Waals surface area contributed by atoms with Gasteiger partial charge in [0.15, 0.2) is 0 Å². The molecule has 0 heterocycles. The van der Waals surface area contributed by atoms with E-state index < -0.39 is 0 Å². The summed E-state index contributed by atoms with van der Waals surface area (Å²) in [6, 6.07) is 14.2. The lowest BCUT2D eigenvalue weighted by Crippen LogP contribution is -2.34. The quantitative estimate of drug-likeness (QED) is 0.785. The minimum Gasteiger partial charge on any atom is -0.497 e. The van der Waals surface area contributed by atoms with Gasteiger partial charge in [-0.3, -0.25) is 4.79 Å². The van der Waals surface area contributed by atoms with Gasteiger partial charge in [-0.1, -0.05) is 30.3 Å². The van der Waals surface area contributed by atoms with Crippen molar-refractivity contribution in [2.24, 2.45) is 0 Å². The van der Waals surface area contributed by atoms with Gasteiger partial charge in [0.25, 0.3) is 0 Å². The Morgan fingerprint density at radius 2 is 1.87 bits per heavy atom. The number of benzene rings is 2. The van der Waals surface area contributed by atoms with Gasteiger partial charge in [0.1, 0.15) is 11.6 Å². The molecule has 0 aromatic heterocycles. The minimum atomic E-state index is -0.237. The number of rotatable bonds is 8. The van der Waals surface area contributed by atoms with Crippen molar-refractivity contribution in [1.82, 2.24) is 10.6 Å². The van der Waals surface area contributed by atoms with E-state index in [2.05, 4.69) is 10.6 Å². The molecule has 0 saturated heterocycles. The van der Waals surface area contributed by atoms with Crippen molar-refractivity contribution in [2.75, 3.05) is 20.2 Å². The van der Waals surface area contributed by atoms with Gasteiger partial charge >= 0.3 is 0 Å². The lowest BCUT2D eigenvalue weighted by atomic mass is 10.1. The first kappa shape index (κ1) is 17.0. The second-order valence-corrected chi connectivity index (χ2v) is 5.14. The molecule has 0 spiro atoms. The lowest BCUT2D eigenvalue weighted by Gasteiger charge is -2.08. The number of halogens is 1. The van der Waals surface area contributed by atoms with Gasteiger partial charge in [0.05, 0.1) is 13.7 Å². The maximum Gasteiger partial charge on any atom is 0.233 e. The van der Waals surface area contributed by atoms with Gasteiger partial charge < -0.3 is 15.4 Å². The maximum atomic E-state index is 13.4. The molecule has 0 saturated carbocycles. The Morgan fingerprint density at radius 1 is 1.13 bits per heavy atom. The number of hydrogen-bond acceptors (Lipinski definition) is 3. The van der Waals surface area contributed by atoms with Crippen LogP contribution in [0.1, 0.15) is 11.1 Å². The Kier molecular flexibility index (Phi) is 6.56. The molecule has 4 nitrogen and oxygen atoms in total. The normalized spacial score (nSPS) is 10.3. The third-order valence-electron chi connectivity index (χ3n) is 3.45. The second kappa shape index (κ2) is 8.90. The number of amides is 1. The average Bonchev–Trinajstić information content (AvgIpc) is 2.57. The Hall–Kier alpha value is -2.40. The van der Waals surface area contributed by atoms with Crippen LogP contribution in [0, 0.1) is 5.82 Å². The highest BCUT2D eigenvalue weighted by Gasteiger charge is 2.03. The third-order valence-corrected chi connectivity index (χ3v) is 3.45. The molecule has 0 unspecified atom stereocenters. The van der Waals surface area contributed by atoms with Crippen LogP contribution in [-0.4, -0.2) is 26.1 Å². The highest BCUT2D eigenvalue weighted by molar-refractivity contribution is 5.77. The van der Waals surface area contributed by atoms with Crippen molar-refractivity contribution in [3.63, 3.8) is 0 Å². The molecule has 2 aromatic carbocycles. The largest absolute Gasteiger partial charge is 0.497 e. The minimum absolute atomic E-state index is 0.102. The fourth-order valence-corrected chi connectivity index (χ4v) is 2.16. The molecule has 0 bridgehead atoms. The van der Waals surface area contributed by atoms with Gasteiger partial charge in [-0.2, -0.15) is 0 Å².